The maximum atomic E-state index is 13.1. The molecule has 9 nitrogen and oxygen atoms in total. The number of nitrogens with one attached hydrogen (secondary N) is 1. The van der Waals surface area contributed by atoms with Crippen LogP contribution in [0.5, 0.6) is 11.5 Å². The van der Waals surface area contributed by atoms with Gasteiger partial charge in [0.25, 0.3) is 11.4 Å². The van der Waals surface area contributed by atoms with Gasteiger partial charge < -0.3 is 19.3 Å². The standard InChI is InChI=1S/C28H24N4O5/c1-3-36-21-14-10-19(11-15-21)29-25(33)17-32-24-7-5-4-6-22(24)23(16-26(32)34)28-30-27(31-37-28)18-8-12-20(35-2)13-9-18/h4-16H,3,17H2,1-2H3,(H,29,33). The Balaban J connectivity index is 1.43. The summed E-state index contributed by atoms with van der Waals surface area (Å²) in [5.74, 6) is 1.71. The highest BCUT2D eigenvalue weighted by atomic mass is 16.5. The fraction of sp³-hybridized carbons (Fsp3) is 0.143. The van der Waals surface area contributed by atoms with Gasteiger partial charge in [-0.1, -0.05) is 23.4 Å². The minimum absolute atomic E-state index is 0.159. The van der Waals surface area contributed by atoms with E-state index in [9.17, 15) is 9.59 Å². The summed E-state index contributed by atoms with van der Waals surface area (Å²) in [4.78, 5) is 30.4. The van der Waals surface area contributed by atoms with Crippen LogP contribution in [0.2, 0.25) is 0 Å². The molecule has 0 aliphatic heterocycles. The van der Waals surface area contributed by atoms with E-state index in [0.29, 0.717) is 40.3 Å². The Morgan fingerprint density at radius 3 is 2.46 bits per heavy atom. The molecule has 1 amide bonds. The molecule has 0 spiro atoms. The molecule has 0 bridgehead atoms. The van der Waals surface area contributed by atoms with Crippen LogP contribution in [0.15, 0.2) is 88.2 Å². The van der Waals surface area contributed by atoms with Crippen LogP contribution < -0.4 is 20.3 Å². The average molecular weight is 497 g/mol. The monoisotopic (exact) mass is 496 g/mol. The molecule has 0 saturated carbocycles. The number of carbonyl (C=O) groups excluding carboxylic acids is 1. The van der Waals surface area contributed by atoms with Crippen molar-refractivity contribution < 1.29 is 18.8 Å². The molecule has 0 aliphatic carbocycles. The number of amides is 1. The highest BCUT2D eigenvalue weighted by molar-refractivity contribution is 5.95. The van der Waals surface area contributed by atoms with E-state index in [2.05, 4.69) is 15.5 Å². The van der Waals surface area contributed by atoms with Crippen molar-refractivity contribution in [3.8, 4) is 34.3 Å². The fourth-order valence-corrected chi connectivity index (χ4v) is 4.01. The van der Waals surface area contributed by atoms with Crippen LogP contribution in [-0.4, -0.2) is 34.3 Å². The number of ether oxygens (including phenoxy) is 2. The van der Waals surface area contributed by atoms with E-state index in [1.54, 1.807) is 49.6 Å². The Kier molecular flexibility index (Phi) is 6.67. The Morgan fingerprint density at radius 1 is 1.00 bits per heavy atom. The van der Waals surface area contributed by atoms with E-state index in [0.717, 1.165) is 11.3 Å². The number of nitrogens with zero attached hydrogens (tertiary/aromatic N) is 3. The van der Waals surface area contributed by atoms with E-state index in [1.165, 1.54) is 10.6 Å². The topological polar surface area (TPSA) is 108 Å². The van der Waals surface area contributed by atoms with Crippen molar-refractivity contribution in [2.45, 2.75) is 13.5 Å². The van der Waals surface area contributed by atoms with Gasteiger partial charge in [-0.2, -0.15) is 4.98 Å². The number of pyridine rings is 1. The van der Waals surface area contributed by atoms with Gasteiger partial charge >= 0.3 is 0 Å². The summed E-state index contributed by atoms with van der Waals surface area (Å²) in [5.41, 5.74) is 2.07. The quantitative estimate of drug-likeness (QED) is 0.330. The lowest BCUT2D eigenvalue weighted by Crippen LogP contribution is -2.27. The molecule has 0 radical (unpaired) electrons. The van der Waals surface area contributed by atoms with Crippen LogP contribution in [0, 0.1) is 0 Å². The Hall–Kier alpha value is -4.92. The molecule has 2 heterocycles. The van der Waals surface area contributed by atoms with Crippen molar-refractivity contribution in [2.24, 2.45) is 0 Å². The van der Waals surface area contributed by atoms with Gasteiger partial charge in [-0.3, -0.25) is 14.2 Å². The first-order valence-corrected chi connectivity index (χ1v) is 11.7. The van der Waals surface area contributed by atoms with Gasteiger partial charge in [-0.15, -0.1) is 0 Å². The second kappa shape index (κ2) is 10.4. The summed E-state index contributed by atoms with van der Waals surface area (Å²) in [6.07, 6.45) is 0. The summed E-state index contributed by atoms with van der Waals surface area (Å²) < 4.78 is 17.6. The zero-order chi connectivity index (χ0) is 25.8. The zero-order valence-electron chi connectivity index (χ0n) is 20.3. The molecule has 186 valence electrons. The van der Waals surface area contributed by atoms with E-state index >= 15 is 0 Å². The van der Waals surface area contributed by atoms with Gasteiger partial charge in [-0.25, -0.2) is 0 Å². The minimum Gasteiger partial charge on any atom is -0.497 e. The van der Waals surface area contributed by atoms with E-state index in [-0.39, 0.29) is 23.9 Å². The minimum atomic E-state index is -0.361. The first-order valence-electron chi connectivity index (χ1n) is 11.7. The van der Waals surface area contributed by atoms with Crippen molar-refractivity contribution in [3.63, 3.8) is 0 Å². The van der Waals surface area contributed by atoms with Gasteiger partial charge in [-0.05, 0) is 61.5 Å². The van der Waals surface area contributed by atoms with E-state index in [4.69, 9.17) is 14.0 Å². The number of methoxy groups -OCH3 is 1. The molecule has 1 N–H and O–H groups in total. The fourth-order valence-electron chi connectivity index (χ4n) is 4.01. The molecular formula is C28H24N4O5. The molecule has 2 aromatic heterocycles. The number of para-hydroxylation sites is 1. The third-order valence-electron chi connectivity index (χ3n) is 5.77. The first-order chi connectivity index (χ1) is 18.1. The molecule has 9 heteroatoms. The van der Waals surface area contributed by atoms with Crippen LogP contribution in [-0.2, 0) is 11.3 Å². The summed E-state index contributed by atoms with van der Waals surface area (Å²) in [6.45, 7) is 2.30. The normalized spacial score (nSPS) is 10.9. The van der Waals surface area contributed by atoms with Gasteiger partial charge in [0.15, 0.2) is 0 Å². The predicted octanol–water partition coefficient (Wildman–Crippen LogP) is 4.76. The van der Waals surface area contributed by atoms with Crippen LogP contribution in [0.4, 0.5) is 5.69 Å². The lowest BCUT2D eigenvalue weighted by atomic mass is 10.1. The first kappa shape index (κ1) is 23.8. The highest BCUT2D eigenvalue weighted by Gasteiger charge is 2.18. The molecule has 37 heavy (non-hydrogen) atoms. The summed E-state index contributed by atoms with van der Waals surface area (Å²) in [6, 6.07) is 23.0. The predicted molar refractivity (Wildman–Crippen MR) is 140 cm³/mol. The number of anilines is 1. The van der Waals surface area contributed by atoms with Gasteiger partial charge in [0.05, 0.1) is 24.8 Å². The lowest BCUT2D eigenvalue weighted by molar-refractivity contribution is -0.116. The van der Waals surface area contributed by atoms with E-state index < -0.39 is 0 Å². The second-order valence-corrected chi connectivity index (χ2v) is 8.16. The Bertz CT molecular complexity index is 1610. The summed E-state index contributed by atoms with van der Waals surface area (Å²) >= 11 is 0. The molecule has 0 saturated heterocycles. The van der Waals surface area contributed by atoms with Gasteiger partial charge in [0.2, 0.25) is 11.7 Å². The van der Waals surface area contributed by atoms with Crippen molar-refractivity contribution in [1.82, 2.24) is 14.7 Å². The van der Waals surface area contributed by atoms with Crippen molar-refractivity contribution >= 4 is 22.5 Å². The number of hydrogen-bond acceptors (Lipinski definition) is 7. The van der Waals surface area contributed by atoms with Crippen LogP contribution in [0.1, 0.15) is 6.92 Å². The van der Waals surface area contributed by atoms with Crippen molar-refractivity contribution in [3.05, 3.63) is 89.2 Å². The lowest BCUT2D eigenvalue weighted by Gasteiger charge is -2.12. The summed E-state index contributed by atoms with van der Waals surface area (Å²) in [5, 5.41) is 7.61. The second-order valence-electron chi connectivity index (χ2n) is 8.16. The average Bonchev–Trinajstić information content (AvgIpc) is 3.41. The molecule has 5 rings (SSSR count). The Labute approximate surface area is 212 Å². The van der Waals surface area contributed by atoms with Crippen LogP contribution >= 0.6 is 0 Å². The molecule has 5 aromatic rings. The molecule has 0 atom stereocenters. The van der Waals surface area contributed by atoms with Crippen molar-refractivity contribution in [2.75, 3.05) is 19.0 Å². The number of hydrogen-bond donors (Lipinski definition) is 1. The molecule has 0 fully saturated rings. The van der Waals surface area contributed by atoms with Gasteiger partial charge in [0.1, 0.15) is 18.0 Å². The van der Waals surface area contributed by atoms with Crippen LogP contribution in [0.25, 0.3) is 33.7 Å². The molecule has 3 aromatic carbocycles. The van der Waals surface area contributed by atoms with Crippen LogP contribution in [0.3, 0.4) is 0 Å². The van der Waals surface area contributed by atoms with Gasteiger partial charge in [0, 0.05) is 22.7 Å². The zero-order valence-corrected chi connectivity index (χ0v) is 20.3. The molecular weight excluding hydrogens is 472 g/mol. The Morgan fingerprint density at radius 2 is 1.73 bits per heavy atom. The SMILES string of the molecule is CCOc1ccc(NC(=O)Cn2c(=O)cc(-c3nc(-c4ccc(OC)cc4)no3)c3ccccc32)cc1. The third-order valence-corrected chi connectivity index (χ3v) is 5.77. The number of carbonyl (C=O) groups is 1. The largest absolute Gasteiger partial charge is 0.497 e. The number of rotatable bonds is 8. The highest BCUT2D eigenvalue weighted by Crippen LogP contribution is 2.28. The third kappa shape index (κ3) is 5.06. The molecule has 0 unspecified atom stereocenters. The smallest absolute Gasteiger partial charge is 0.259 e. The number of benzene rings is 3. The van der Waals surface area contributed by atoms with E-state index in [1.807, 2.05) is 37.3 Å². The number of fused-ring (bicyclic) bond motifs is 1. The summed E-state index contributed by atoms with van der Waals surface area (Å²) in [7, 11) is 1.60. The van der Waals surface area contributed by atoms with Crippen molar-refractivity contribution in [1.29, 1.82) is 0 Å². The maximum Gasteiger partial charge on any atom is 0.259 e. The molecule has 0 aliphatic rings. The maximum absolute atomic E-state index is 13.1. The number of aromatic nitrogens is 3.